The normalized spacial score (nSPS) is 29.3. The molecule has 2 aliphatic rings. The van der Waals surface area contributed by atoms with Crippen molar-refractivity contribution in [3.8, 4) is 0 Å². The molecule has 18 heavy (non-hydrogen) atoms. The minimum Gasteiger partial charge on any atom is -0.385 e. The van der Waals surface area contributed by atoms with Crippen molar-refractivity contribution in [2.24, 2.45) is 0 Å². The van der Waals surface area contributed by atoms with E-state index in [1.54, 1.807) is 7.11 Å². The van der Waals surface area contributed by atoms with Gasteiger partial charge in [-0.2, -0.15) is 0 Å². The van der Waals surface area contributed by atoms with Crippen molar-refractivity contribution in [1.82, 2.24) is 10.2 Å². The molecule has 0 bridgehead atoms. The summed E-state index contributed by atoms with van der Waals surface area (Å²) in [6.45, 7) is 6.91. The largest absolute Gasteiger partial charge is 0.385 e. The van der Waals surface area contributed by atoms with Gasteiger partial charge in [0, 0.05) is 38.4 Å². The Kier molecular flexibility index (Phi) is 5.46. The predicted molar refractivity (Wildman–Crippen MR) is 76.0 cm³/mol. The van der Waals surface area contributed by atoms with Gasteiger partial charge in [-0.3, -0.25) is 4.90 Å². The molecule has 1 saturated carbocycles. The van der Waals surface area contributed by atoms with Gasteiger partial charge in [0.15, 0.2) is 0 Å². The van der Waals surface area contributed by atoms with E-state index in [0.717, 1.165) is 19.1 Å². The maximum atomic E-state index is 5.19. The minimum absolute atomic E-state index is 0.427. The van der Waals surface area contributed by atoms with Crippen molar-refractivity contribution in [3.63, 3.8) is 0 Å². The lowest BCUT2D eigenvalue weighted by Gasteiger charge is -2.41. The first-order valence-electron chi connectivity index (χ1n) is 7.74. The van der Waals surface area contributed by atoms with Gasteiger partial charge in [0.1, 0.15) is 0 Å². The summed E-state index contributed by atoms with van der Waals surface area (Å²) in [6, 6.07) is 0.718. The summed E-state index contributed by atoms with van der Waals surface area (Å²) < 4.78 is 5.19. The Bertz CT molecular complexity index is 239. The van der Waals surface area contributed by atoms with E-state index in [1.165, 1.54) is 58.2 Å². The van der Waals surface area contributed by atoms with Crippen molar-refractivity contribution in [2.75, 3.05) is 33.4 Å². The van der Waals surface area contributed by atoms with Crippen molar-refractivity contribution < 1.29 is 4.74 Å². The lowest BCUT2D eigenvalue weighted by molar-refractivity contribution is 0.119. The number of nitrogens with one attached hydrogen (secondary N) is 1. The second-order valence-electron chi connectivity index (χ2n) is 6.22. The molecule has 1 heterocycles. The zero-order chi connectivity index (χ0) is 12.8. The fraction of sp³-hybridized carbons (Fsp3) is 1.00. The molecule has 1 atom stereocenters. The maximum absolute atomic E-state index is 5.19. The SMILES string of the molecule is COCCCN1CC2(CCCCC2)NCCC1C. The Morgan fingerprint density at radius 1 is 1.28 bits per heavy atom. The van der Waals surface area contributed by atoms with Gasteiger partial charge in [-0.15, -0.1) is 0 Å². The minimum atomic E-state index is 0.427. The second kappa shape index (κ2) is 6.88. The lowest BCUT2D eigenvalue weighted by Crippen LogP contribution is -2.53. The van der Waals surface area contributed by atoms with E-state index in [1.807, 2.05) is 0 Å². The molecular weight excluding hydrogens is 224 g/mol. The molecule has 1 aliphatic heterocycles. The van der Waals surface area contributed by atoms with Gasteiger partial charge in [0.25, 0.3) is 0 Å². The van der Waals surface area contributed by atoms with Crippen LogP contribution < -0.4 is 5.32 Å². The maximum Gasteiger partial charge on any atom is 0.0474 e. The van der Waals surface area contributed by atoms with Crippen molar-refractivity contribution in [2.45, 2.75) is 63.5 Å². The standard InChI is InChI=1S/C15H30N2O/c1-14-7-10-16-15(8-4-3-5-9-15)13-17(14)11-6-12-18-2/h14,16H,3-13H2,1-2H3. The third kappa shape index (κ3) is 3.69. The topological polar surface area (TPSA) is 24.5 Å². The van der Waals surface area contributed by atoms with Gasteiger partial charge in [-0.1, -0.05) is 19.3 Å². The smallest absolute Gasteiger partial charge is 0.0474 e. The van der Waals surface area contributed by atoms with Crippen LogP contribution in [0.1, 0.15) is 51.9 Å². The summed E-state index contributed by atoms with van der Waals surface area (Å²) in [5.41, 5.74) is 0.427. The Balaban J connectivity index is 1.93. The van der Waals surface area contributed by atoms with Gasteiger partial charge in [0.05, 0.1) is 0 Å². The van der Waals surface area contributed by atoms with E-state index >= 15 is 0 Å². The number of rotatable bonds is 4. The summed E-state index contributed by atoms with van der Waals surface area (Å²) in [4.78, 5) is 2.70. The molecule has 0 aromatic heterocycles. The first-order chi connectivity index (χ1) is 8.76. The number of nitrogens with zero attached hydrogens (tertiary/aromatic N) is 1. The van der Waals surface area contributed by atoms with Gasteiger partial charge in [0.2, 0.25) is 0 Å². The fourth-order valence-electron chi connectivity index (χ4n) is 3.60. The van der Waals surface area contributed by atoms with Crippen LogP contribution >= 0.6 is 0 Å². The van der Waals surface area contributed by atoms with Gasteiger partial charge >= 0.3 is 0 Å². The average Bonchev–Trinajstić information content (AvgIpc) is 2.52. The molecule has 1 unspecified atom stereocenters. The van der Waals surface area contributed by atoms with Crippen LogP contribution in [-0.4, -0.2) is 49.8 Å². The number of methoxy groups -OCH3 is 1. The first kappa shape index (κ1) is 14.3. The van der Waals surface area contributed by atoms with E-state index in [9.17, 15) is 0 Å². The van der Waals surface area contributed by atoms with E-state index < -0.39 is 0 Å². The molecular formula is C15H30N2O. The molecule has 0 aromatic rings. The molecule has 1 aliphatic carbocycles. The second-order valence-corrected chi connectivity index (χ2v) is 6.22. The van der Waals surface area contributed by atoms with Crippen molar-refractivity contribution in [1.29, 1.82) is 0 Å². The molecule has 106 valence electrons. The van der Waals surface area contributed by atoms with Gasteiger partial charge in [-0.05, 0) is 39.2 Å². The predicted octanol–water partition coefficient (Wildman–Crippen LogP) is 2.41. The highest BCUT2D eigenvalue weighted by Gasteiger charge is 2.36. The van der Waals surface area contributed by atoms with Crippen LogP contribution in [0.15, 0.2) is 0 Å². The number of hydrogen-bond acceptors (Lipinski definition) is 3. The summed E-state index contributed by atoms with van der Waals surface area (Å²) in [7, 11) is 1.80. The highest BCUT2D eigenvalue weighted by Crippen LogP contribution is 2.31. The summed E-state index contributed by atoms with van der Waals surface area (Å²) in [6.07, 6.45) is 9.45. The third-order valence-corrected chi connectivity index (χ3v) is 4.80. The quantitative estimate of drug-likeness (QED) is 0.780. The van der Waals surface area contributed by atoms with Crippen LogP contribution in [0.5, 0.6) is 0 Å². The molecule has 2 fully saturated rings. The summed E-state index contributed by atoms with van der Waals surface area (Å²) in [5.74, 6) is 0. The Labute approximate surface area is 112 Å². The van der Waals surface area contributed by atoms with Crippen LogP contribution in [0.25, 0.3) is 0 Å². The molecule has 1 saturated heterocycles. The van der Waals surface area contributed by atoms with Crippen LogP contribution in [0.2, 0.25) is 0 Å². The Morgan fingerprint density at radius 3 is 2.78 bits per heavy atom. The molecule has 1 N–H and O–H groups in total. The van der Waals surface area contributed by atoms with E-state index in [0.29, 0.717) is 5.54 Å². The van der Waals surface area contributed by atoms with E-state index in [4.69, 9.17) is 4.74 Å². The third-order valence-electron chi connectivity index (χ3n) is 4.80. The van der Waals surface area contributed by atoms with Crippen LogP contribution in [0, 0.1) is 0 Å². The van der Waals surface area contributed by atoms with Crippen molar-refractivity contribution >= 4 is 0 Å². The zero-order valence-electron chi connectivity index (χ0n) is 12.2. The lowest BCUT2D eigenvalue weighted by atomic mass is 9.81. The molecule has 0 amide bonds. The van der Waals surface area contributed by atoms with E-state index in [2.05, 4.69) is 17.1 Å². The molecule has 3 nitrogen and oxygen atoms in total. The summed E-state index contributed by atoms with van der Waals surface area (Å²) in [5, 5.41) is 3.87. The van der Waals surface area contributed by atoms with Crippen LogP contribution in [0.3, 0.4) is 0 Å². The average molecular weight is 254 g/mol. The fourth-order valence-corrected chi connectivity index (χ4v) is 3.60. The van der Waals surface area contributed by atoms with Gasteiger partial charge in [-0.25, -0.2) is 0 Å². The molecule has 2 rings (SSSR count). The van der Waals surface area contributed by atoms with E-state index in [-0.39, 0.29) is 0 Å². The zero-order valence-corrected chi connectivity index (χ0v) is 12.2. The van der Waals surface area contributed by atoms with Crippen molar-refractivity contribution in [3.05, 3.63) is 0 Å². The van der Waals surface area contributed by atoms with Crippen LogP contribution in [-0.2, 0) is 4.74 Å². The molecule has 0 radical (unpaired) electrons. The molecule has 1 spiro atoms. The van der Waals surface area contributed by atoms with Crippen LogP contribution in [0.4, 0.5) is 0 Å². The summed E-state index contributed by atoms with van der Waals surface area (Å²) >= 11 is 0. The highest BCUT2D eigenvalue weighted by atomic mass is 16.5. The molecule has 3 heteroatoms. The molecule has 0 aromatic carbocycles. The Hall–Kier alpha value is -0.120. The first-order valence-corrected chi connectivity index (χ1v) is 7.74. The van der Waals surface area contributed by atoms with Gasteiger partial charge < -0.3 is 10.1 Å². The monoisotopic (exact) mass is 254 g/mol. The number of ether oxygens (including phenoxy) is 1. The number of hydrogen-bond donors (Lipinski definition) is 1. The highest BCUT2D eigenvalue weighted by molar-refractivity contribution is 4.96. The Morgan fingerprint density at radius 2 is 2.06 bits per heavy atom.